The zero-order valence-corrected chi connectivity index (χ0v) is 9.21. The average molecular weight is 218 g/mol. The Hall–Kier alpha value is -0.770. The summed E-state index contributed by atoms with van der Waals surface area (Å²) in [6.07, 6.45) is 0. The van der Waals surface area contributed by atoms with Gasteiger partial charge in [-0.3, -0.25) is 0 Å². The zero-order chi connectivity index (χ0) is 9.84. The second-order valence-electron chi connectivity index (χ2n) is 3.17. The third kappa shape index (κ3) is 2.87. The first kappa shape index (κ1) is 13.2. The number of nitrogens with zero attached hydrogens (tertiary/aromatic N) is 1. The summed E-state index contributed by atoms with van der Waals surface area (Å²) in [6, 6.07) is 5.53. The SMILES string of the molecule is CN(C)c1cc(CO)ccc1CO.Cl. The maximum Gasteiger partial charge on any atom is 0.0702 e. The van der Waals surface area contributed by atoms with E-state index in [4.69, 9.17) is 10.2 Å². The molecule has 1 aromatic rings. The normalized spacial score (nSPS) is 9.43. The summed E-state index contributed by atoms with van der Waals surface area (Å²) in [6.45, 7) is 0.0613. The molecule has 0 aliphatic carbocycles. The second-order valence-corrected chi connectivity index (χ2v) is 3.17. The maximum absolute atomic E-state index is 9.04. The van der Waals surface area contributed by atoms with Crippen LogP contribution in [0, 0.1) is 0 Å². The van der Waals surface area contributed by atoms with E-state index in [-0.39, 0.29) is 25.6 Å². The third-order valence-electron chi connectivity index (χ3n) is 1.98. The quantitative estimate of drug-likeness (QED) is 0.799. The number of hydrogen-bond donors (Lipinski definition) is 2. The molecule has 14 heavy (non-hydrogen) atoms. The van der Waals surface area contributed by atoms with Gasteiger partial charge in [0.1, 0.15) is 0 Å². The Balaban J connectivity index is 0.00000169. The molecule has 0 spiro atoms. The molecular formula is C10H16ClNO2. The summed E-state index contributed by atoms with van der Waals surface area (Å²) < 4.78 is 0. The first-order valence-electron chi connectivity index (χ1n) is 4.20. The lowest BCUT2D eigenvalue weighted by Crippen LogP contribution is -2.11. The highest BCUT2D eigenvalue weighted by atomic mass is 35.5. The van der Waals surface area contributed by atoms with E-state index in [1.807, 2.05) is 37.2 Å². The van der Waals surface area contributed by atoms with Crippen molar-refractivity contribution >= 4 is 18.1 Å². The van der Waals surface area contributed by atoms with E-state index in [1.165, 1.54) is 0 Å². The molecule has 0 saturated heterocycles. The van der Waals surface area contributed by atoms with Gasteiger partial charge in [-0.2, -0.15) is 0 Å². The Morgan fingerprint density at radius 2 is 1.79 bits per heavy atom. The van der Waals surface area contributed by atoms with Gasteiger partial charge in [0.2, 0.25) is 0 Å². The molecule has 0 saturated carbocycles. The van der Waals surface area contributed by atoms with Crippen LogP contribution in [0.3, 0.4) is 0 Å². The molecule has 0 aliphatic heterocycles. The van der Waals surface area contributed by atoms with Gasteiger partial charge in [-0.05, 0) is 11.6 Å². The fourth-order valence-corrected chi connectivity index (χ4v) is 1.26. The monoisotopic (exact) mass is 217 g/mol. The summed E-state index contributed by atoms with van der Waals surface area (Å²) >= 11 is 0. The highest BCUT2D eigenvalue weighted by Gasteiger charge is 2.04. The minimum Gasteiger partial charge on any atom is -0.392 e. The maximum atomic E-state index is 9.04. The summed E-state index contributed by atoms with van der Waals surface area (Å²) in [5.41, 5.74) is 2.69. The average Bonchev–Trinajstić information content (AvgIpc) is 2.16. The second kappa shape index (κ2) is 5.86. The molecule has 3 nitrogen and oxygen atoms in total. The summed E-state index contributed by atoms with van der Waals surface area (Å²) in [7, 11) is 3.82. The van der Waals surface area contributed by atoms with Crippen LogP contribution in [-0.2, 0) is 13.2 Å². The van der Waals surface area contributed by atoms with E-state index in [0.717, 1.165) is 16.8 Å². The number of benzene rings is 1. The summed E-state index contributed by atoms with van der Waals surface area (Å²) in [5, 5.41) is 18.0. The van der Waals surface area contributed by atoms with Crippen LogP contribution in [0.15, 0.2) is 18.2 Å². The minimum atomic E-state index is 0. The molecule has 4 heteroatoms. The lowest BCUT2D eigenvalue weighted by Gasteiger charge is -2.17. The first-order chi connectivity index (χ1) is 6.19. The summed E-state index contributed by atoms with van der Waals surface area (Å²) in [4.78, 5) is 1.92. The predicted octanol–water partition coefficient (Wildman–Crippen LogP) is 1.16. The predicted molar refractivity (Wildman–Crippen MR) is 59.9 cm³/mol. The van der Waals surface area contributed by atoms with E-state index >= 15 is 0 Å². The van der Waals surface area contributed by atoms with Crippen LogP contribution in [0.5, 0.6) is 0 Å². The topological polar surface area (TPSA) is 43.7 Å². The largest absolute Gasteiger partial charge is 0.392 e. The first-order valence-corrected chi connectivity index (χ1v) is 4.20. The Kier molecular flexibility index (Phi) is 5.53. The molecule has 0 heterocycles. The lowest BCUT2D eigenvalue weighted by atomic mass is 10.1. The van der Waals surface area contributed by atoms with Crippen LogP contribution in [0.2, 0.25) is 0 Å². The molecule has 1 aromatic carbocycles. The van der Waals surface area contributed by atoms with Gasteiger partial charge in [-0.15, -0.1) is 12.4 Å². The van der Waals surface area contributed by atoms with Crippen molar-refractivity contribution in [2.24, 2.45) is 0 Å². The van der Waals surface area contributed by atoms with E-state index in [0.29, 0.717) is 0 Å². The van der Waals surface area contributed by atoms with Crippen LogP contribution < -0.4 is 4.90 Å². The molecule has 0 atom stereocenters. The standard InChI is InChI=1S/C10H15NO2.ClH/c1-11(2)10-5-8(6-12)3-4-9(10)7-13;/h3-5,12-13H,6-7H2,1-2H3;1H. The van der Waals surface area contributed by atoms with Crippen LogP contribution in [0.25, 0.3) is 0 Å². The Labute approximate surface area is 90.4 Å². The highest BCUT2D eigenvalue weighted by molar-refractivity contribution is 5.85. The van der Waals surface area contributed by atoms with Crippen molar-refractivity contribution in [3.05, 3.63) is 29.3 Å². The Morgan fingerprint density at radius 1 is 1.14 bits per heavy atom. The van der Waals surface area contributed by atoms with Gasteiger partial charge >= 0.3 is 0 Å². The fraction of sp³-hybridized carbons (Fsp3) is 0.400. The molecule has 0 amide bonds. The van der Waals surface area contributed by atoms with E-state index in [2.05, 4.69) is 0 Å². The molecule has 0 aromatic heterocycles. The molecule has 1 rings (SSSR count). The van der Waals surface area contributed by atoms with E-state index in [1.54, 1.807) is 0 Å². The Bertz CT molecular complexity index is 289. The van der Waals surface area contributed by atoms with Gasteiger partial charge in [0, 0.05) is 25.3 Å². The van der Waals surface area contributed by atoms with Gasteiger partial charge in [0.25, 0.3) is 0 Å². The third-order valence-corrected chi connectivity index (χ3v) is 1.98. The molecule has 0 fully saturated rings. The minimum absolute atomic E-state index is 0. The van der Waals surface area contributed by atoms with Crippen molar-refractivity contribution in [1.82, 2.24) is 0 Å². The molecule has 0 unspecified atom stereocenters. The molecule has 80 valence electrons. The zero-order valence-electron chi connectivity index (χ0n) is 8.40. The molecular weight excluding hydrogens is 202 g/mol. The van der Waals surface area contributed by atoms with Crippen molar-refractivity contribution in [2.75, 3.05) is 19.0 Å². The van der Waals surface area contributed by atoms with Gasteiger partial charge in [-0.1, -0.05) is 12.1 Å². The van der Waals surface area contributed by atoms with Crippen LogP contribution in [0.1, 0.15) is 11.1 Å². The number of aliphatic hydroxyl groups excluding tert-OH is 2. The number of hydrogen-bond acceptors (Lipinski definition) is 3. The van der Waals surface area contributed by atoms with Crippen LogP contribution in [-0.4, -0.2) is 24.3 Å². The molecule has 0 aliphatic rings. The summed E-state index contributed by atoms with van der Waals surface area (Å²) in [5.74, 6) is 0. The van der Waals surface area contributed by atoms with Gasteiger partial charge < -0.3 is 15.1 Å². The molecule has 2 N–H and O–H groups in total. The Morgan fingerprint density at radius 3 is 2.21 bits per heavy atom. The van der Waals surface area contributed by atoms with Crippen LogP contribution >= 0.6 is 12.4 Å². The number of rotatable bonds is 3. The van der Waals surface area contributed by atoms with E-state index in [9.17, 15) is 0 Å². The van der Waals surface area contributed by atoms with Crippen molar-refractivity contribution in [3.63, 3.8) is 0 Å². The molecule has 0 bridgehead atoms. The van der Waals surface area contributed by atoms with Gasteiger partial charge in [0.05, 0.1) is 13.2 Å². The van der Waals surface area contributed by atoms with Crippen molar-refractivity contribution < 1.29 is 10.2 Å². The lowest BCUT2D eigenvalue weighted by molar-refractivity contribution is 0.278. The number of anilines is 1. The van der Waals surface area contributed by atoms with Crippen LogP contribution in [0.4, 0.5) is 5.69 Å². The van der Waals surface area contributed by atoms with Gasteiger partial charge in [0.15, 0.2) is 0 Å². The highest BCUT2D eigenvalue weighted by Crippen LogP contribution is 2.20. The fourth-order valence-electron chi connectivity index (χ4n) is 1.26. The smallest absolute Gasteiger partial charge is 0.0702 e. The van der Waals surface area contributed by atoms with Crippen molar-refractivity contribution in [2.45, 2.75) is 13.2 Å². The van der Waals surface area contributed by atoms with Gasteiger partial charge in [-0.25, -0.2) is 0 Å². The number of halogens is 1. The van der Waals surface area contributed by atoms with Crippen molar-refractivity contribution in [3.8, 4) is 0 Å². The number of aliphatic hydroxyl groups is 2. The molecule has 0 radical (unpaired) electrons. The van der Waals surface area contributed by atoms with E-state index < -0.39 is 0 Å². The van der Waals surface area contributed by atoms with Crippen molar-refractivity contribution in [1.29, 1.82) is 0 Å².